The lowest BCUT2D eigenvalue weighted by Crippen LogP contribution is -2.47. The molecule has 1 saturated heterocycles. The molecule has 0 aliphatic carbocycles. The van der Waals surface area contributed by atoms with Gasteiger partial charge in [0, 0.05) is 36.1 Å². The number of aliphatic hydroxyl groups is 1. The van der Waals surface area contributed by atoms with E-state index in [1.165, 1.54) is 18.3 Å². The van der Waals surface area contributed by atoms with Crippen LogP contribution in [0.5, 0.6) is 5.75 Å². The number of aryl methyl sites for hydroxylation is 1. The van der Waals surface area contributed by atoms with Crippen molar-refractivity contribution >= 4 is 23.0 Å². The highest BCUT2D eigenvalue weighted by atomic mass is 32.1. The summed E-state index contributed by atoms with van der Waals surface area (Å²) in [6.07, 6.45) is 1.12. The summed E-state index contributed by atoms with van der Waals surface area (Å²) in [7, 11) is 0. The number of Topliss-reactive ketones (excluding diaryl/α,β-unsaturated/α-hetero) is 1. The summed E-state index contributed by atoms with van der Waals surface area (Å²) in [5.74, 6) is 0.574. The Morgan fingerprint density at radius 3 is 2.69 bits per heavy atom. The van der Waals surface area contributed by atoms with Gasteiger partial charge in [-0.15, -0.1) is 11.3 Å². The lowest BCUT2D eigenvalue weighted by molar-refractivity contribution is 0.0568. The van der Waals surface area contributed by atoms with E-state index in [9.17, 15) is 14.7 Å². The van der Waals surface area contributed by atoms with Crippen LogP contribution in [0.15, 0.2) is 36.4 Å². The molecule has 1 atom stereocenters. The monoisotopic (exact) mass is 416 g/mol. The first-order valence-corrected chi connectivity index (χ1v) is 10.7. The van der Waals surface area contributed by atoms with Gasteiger partial charge in [0.1, 0.15) is 18.5 Å². The van der Waals surface area contributed by atoms with Crippen molar-refractivity contribution in [2.24, 2.45) is 0 Å². The maximum absolute atomic E-state index is 12.3. The summed E-state index contributed by atoms with van der Waals surface area (Å²) in [5.41, 5.74) is 0.596. The molecule has 0 bridgehead atoms. The molecule has 1 fully saturated rings. The molecule has 156 valence electrons. The lowest BCUT2D eigenvalue weighted by atomic mass is 10.0. The second-order valence-corrected chi connectivity index (χ2v) is 8.80. The molecule has 2 aromatic rings. The molecule has 1 aromatic heterocycles. The topological polar surface area (TPSA) is 78.9 Å². The average Bonchev–Trinajstić information content (AvgIpc) is 3.15. The van der Waals surface area contributed by atoms with Crippen LogP contribution in [0.1, 0.15) is 44.7 Å². The number of β-amino-alcohol motifs (C(OH)–C–C–N with tert-alkyl or cyclic N) is 1. The standard InChI is InChI=1S/C22H28N2O4S/c1-15-6-7-21(29-15)22(27)23-18-8-10-24(11-9-18)13-19(26)14-28-20-5-3-4-17(12-20)16(2)25/h3-7,12,18-19,26H,8-11,13-14H2,1-2H3,(H,23,27). The van der Waals surface area contributed by atoms with Crippen LogP contribution in [0.25, 0.3) is 0 Å². The zero-order valence-corrected chi connectivity index (χ0v) is 17.7. The second kappa shape index (κ2) is 10.0. The summed E-state index contributed by atoms with van der Waals surface area (Å²) in [6, 6.07) is 11.0. The molecule has 1 unspecified atom stereocenters. The van der Waals surface area contributed by atoms with Gasteiger partial charge in [0.15, 0.2) is 5.78 Å². The van der Waals surface area contributed by atoms with Gasteiger partial charge in [-0.3, -0.25) is 9.59 Å². The minimum Gasteiger partial charge on any atom is -0.491 e. The number of likely N-dealkylation sites (tertiary alicyclic amines) is 1. The first-order valence-electron chi connectivity index (χ1n) is 9.92. The molecule has 0 spiro atoms. The van der Waals surface area contributed by atoms with E-state index in [1.54, 1.807) is 24.3 Å². The van der Waals surface area contributed by atoms with Crippen molar-refractivity contribution in [2.75, 3.05) is 26.2 Å². The van der Waals surface area contributed by atoms with Crippen molar-refractivity contribution in [3.8, 4) is 5.75 Å². The Bertz CT molecular complexity index is 843. The number of nitrogens with zero attached hydrogens (tertiary/aromatic N) is 1. The fraction of sp³-hybridized carbons (Fsp3) is 0.455. The zero-order valence-electron chi connectivity index (χ0n) is 16.9. The number of hydrogen-bond donors (Lipinski definition) is 2. The van der Waals surface area contributed by atoms with Crippen LogP contribution >= 0.6 is 11.3 Å². The Balaban J connectivity index is 1.38. The summed E-state index contributed by atoms with van der Waals surface area (Å²) in [5, 5.41) is 13.4. The number of thiophene rings is 1. The van der Waals surface area contributed by atoms with Gasteiger partial charge in [0.2, 0.25) is 0 Å². The highest BCUT2D eigenvalue weighted by Gasteiger charge is 2.23. The van der Waals surface area contributed by atoms with E-state index in [0.29, 0.717) is 17.9 Å². The molecule has 6 nitrogen and oxygen atoms in total. The van der Waals surface area contributed by atoms with Crippen molar-refractivity contribution in [1.29, 1.82) is 0 Å². The number of ether oxygens (including phenoxy) is 1. The molecule has 2 N–H and O–H groups in total. The first kappa shape index (κ1) is 21.5. The number of carbonyl (C=O) groups is 2. The van der Waals surface area contributed by atoms with Crippen LogP contribution in [0.2, 0.25) is 0 Å². The number of amides is 1. The van der Waals surface area contributed by atoms with E-state index in [4.69, 9.17) is 4.74 Å². The van der Waals surface area contributed by atoms with Gasteiger partial charge in [-0.25, -0.2) is 0 Å². The number of carbonyl (C=O) groups excluding carboxylic acids is 2. The van der Waals surface area contributed by atoms with E-state index in [1.807, 2.05) is 19.1 Å². The maximum atomic E-state index is 12.3. The smallest absolute Gasteiger partial charge is 0.261 e. The van der Waals surface area contributed by atoms with E-state index in [0.717, 1.165) is 35.7 Å². The molecule has 7 heteroatoms. The van der Waals surface area contributed by atoms with Gasteiger partial charge in [-0.1, -0.05) is 12.1 Å². The van der Waals surface area contributed by atoms with Crippen LogP contribution in [0.4, 0.5) is 0 Å². The van der Waals surface area contributed by atoms with Gasteiger partial charge in [0.05, 0.1) is 4.88 Å². The van der Waals surface area contributed by atoms with Gasteiger partial charge in [-0.05, 0) is 51.0 Å². The third-order valence-electron chi connectivity index (χ3n) is 5.04. The predicted octanol–water partition coefficient (Wildman–Crippen LogP) is 2.89. The Labute approximate surface area is 175 Å². The molecular weight excluding hydrogens is 388 g/mol. The van der Waals surface area contributed by atoms with Crippen LogP contribution in [0, 0.1) is 6.92 Å². The summed E-state index contributed by atoms with van der Waals surface area (Å²) in [6.45, 7) is 5.86. The highest BCUT2D eigenvalue weighted by Crippen LogP contribution is 2.17. The largest absolute Gasteiger partial charge is 0.491 e. The van der Waals surface area contributed by atoms with Gasteiger partial charge < -0.3 is 20.1 Å². The van der Waals surface area contributed by atoms with Crippen LogP contribution in [-0.2, 0) is 0 Å². The van der Waals surface area contributed by atoms with E-state index < -0.39 is 6.10 Å². The minimum absolute atomic E-state index is 0.00257. The number of hydrogen-bond acceptors (Lipinski definition) is 6. The third kappa shape index (κ3) is 6.39. The molecule has 29 heavy (non-hydrogen) atoms. The molecule has 1 aliphatic rings. The summed E-state index contributed by atoms with van der Waals surface area (Å²) in [4.78, 5) is 27.8. The number of rotatable bonds is 8. The van der Waals surface area contributed by atoms with E-state index >= 15 is 0 Å². The lowest BCUT2D eigenvalue weighted by Gasteiger charge is -2.33. The fourth-order valence-corrected chi connectivity index (χ4v) is 4.19. The third-order valence-corrected chi connectivity index (χ3v) is 6.04. The van der Waals surface area contributed by atoms with Gasteiger partial charge in [0.25, 0.3) is 5.91 Å². The number of nitrogens with one attached hydrogen (secondary N) is 1. The highest BCUT2D eigenvalue weighted by molar-refractivity contribution is 7.13. The minimum atomic E-state index is -0.615. The Hall–Kier alpha value is -2.22. The molecule has 1 aliphatic heterocycles. The Morgan fingerprint density at radius 1 is 1.28 bits per heavy atom. The summed E-state index contributed by atoms with van der Waals surface area (Å²) < 4.78 is 5.64. The van der Waals surface area contributed by atoms with E-state index in [-0.39, 0.29) is 24.3 Å². The summed E-state index contributed by atoms with van der Waals surface area (Å²) >= 11 is 1.51. The van der Waals surface area contributed by atoms with Crippen molar-refractivity contribution in [1.82, 2.24) is 10.2 Å². The maximum Gasteiger partial charge on any atom is 0.261 e. The molecule has 1 aromatic carbocycles. The average molecular weight is 417 g/mol. The van der Waals surface area contributed by atoms with Crippen LogP contribution in [-0.4, -0.2) is 60.1 Å². The van der Waals surface area contributed by atoms with Gasteiger partial charge >= 0.3 is 0 Å². The van der Waals surface area contributed by atoms with Crippen molar-refractivity contribution in [2.45, 2.75) is 38.8 Å². The number of benzene rings is 1. The van der Waals surface area contributed by atoms with Gasteiger partial charge in [-0.2, -0.15) is 0 Å². The Kier molecular flexibility index (Phi) is 7.41. The van der Waals surface area contributed by atoms with Crippen LogP contribution < -0.4 is 10.1 Å². The number of ketones is 1. The molecule has 1 amide bonds. The fourth-order valence-electron chi connectivity index (χ4n) is 3.42. The normalized spacial score (nSPS) is 16.4. The Morgan fingerprint density at radius 2 is 2.03 bits per heavy atom. The SMILES string of the molecule is CC(=O)c1cccc(OCC(O)CN2CCC(NC(=O)c3ccc(C)s3)CC2)c1. The quantitative estimate of drug-likeness (QED) is 0.647. The first-order chi connectivity index (χ1) is 13.9. The molecule has 2 heterocycles. The predicted molar refractivity (Wildman–Crippen MR) is 114 cm³/mol. The van der Waals surface area contributed by atoms with Crippen molar-refractivity contribution in [3.63, 3.8) is 0 Å². The van der Waals surface area contributed by atoms with E-state index in [2.05, 4.69) is 10.2 Å². The van der Waals surface area contributed by atoms with Crippen LogP contribution in [0.3, 0.4) is 0 Å². The number of aliphatic hydroxyl groups excluding tert-OH is 1. The van der Waals surface area contributed by atoms with Crippen molar-refractivity contribution < 1.29 is 19.4 Å². The second-order valence-electron chi connectivity index (χ2n) is 7.51. The molecule has 3 rings (SSSR count). The molecule has 0 saturated carbocycles. The van der Waals surface area contributed by atoms with Crippen molar-refractivity contribution in [3.05, 3.63) is 51.7 Å². The molecular formula is C22H28N2O4S. The zero-order chi connectivity index (χ0) is 20.8. The molecule has 0 radical (unpaired) electrons. The number of piperidine rings is 1.